The van der Waals surface area contributed by atoms with Crippen LogP contribution in [0.15, 0.2) is 18.2 Å². The first-order valence-electron chi connectivity index (χ1n) is 5.36. The molecule has 0 aliphatic carbocycles. The number of nitrogens with two attached hydrogens (primary N) is 1. The highest BCUT2D eigenvalue weighted by Crippen LogP contribution is 2.22. The summed E-state index contributed by atoms with van der Waals surface area (Å²) in [5.74, 6) is -1.46. The molecule has 1 atom stereocenters. The molecule has 0 aliphatic heterocycles. The molecule has 1 rings (SSSR count). The van der Waals surface area contributed by atoms with Crippen molar-refractivity contribution in [3.05, 3.63) is 23.8 Å². The van der Waals surface area contributed by atoms with Gasteiger partial charge in [-0.1, -0.05) is 6.92 Å². The summed E-state index contributed by atoms with van der Waals surface area (Å²) in [5, 5.41) is 8.78. The number of hydrogen-bond donors (Lipinski definition) is 2. The van der Waals surface area contributed by atoms with E-state index >= 15 is 0 Å². The molecule has 1 aromatic carbocycles. The molecular weight excluding hydrogens is 238 g/mol. The number of carboxylic acid groups (broad SMARTS) is 1. The van der Waals surface area contributed by atoms with Crippen molar-refractivity contribution < 1.29 is 24.2 Å². The lowest BCUT2D eigenvalue weighted by atomic mass is 10.2. The van der Waals surface area contributed by atoms with Crippen LogP contribution in [0.5, 0.6) is 5.75 Å². The zero-order valence-electron chi connectivity index (χ0n) is 10.2. The maximum Gasteiger partial charge on any atom is 0.345 e. The number of anilines is 1. The number of ether oxygens (including phenoxy) is 2. The third-order valence-corrected chi connectivity index (χ3v) is 2.36. The van der Waals surface area contributed by atoms with Crippen molar-refractivity contribution in [2.45, 2.75) is 19.4 Å². The van der Waals surface area contributed by atoms with Crippen LogP contribution in [0.2, 0.25) is 0 Å². The highest BCUT2D eigenvalue weighted by molar-refractivity contribution is 5.92. The van der Waals surface area contributed by atoms with Gasteiger partial charge in [0.1, 0.15) is 5.75 Å². The van der Waals surface area contributed by atoms with Crippen LogP contribution in [-0.4, -0.2) is 30.3 Å². The van der Waals surface area contributed by atoms with E-state index in [-0.39, 0.29) is 17.7 Å². The van der Waals surface area contributed by atoms with E-state index in [2.05, 4.69) is 0 Å². The fraction of sp³-hybridized carbons (Fsp3) is 0.333. The van der Waals surface area contributed by atoms with E-state index in [1.165, 1.54) is 25.3 Å². The van der Waals surface area contributed by atoms with Gasteiger partial charge in [-0.3, -0.25) is 0 Å². The van der Waals surface area contributed by atoms with Crippen LogP contribution in [0.4, 0.5) is 5.69 Å². The van der Waals surface area contributed by atoms with E-state index in [1.807, 2.05) is 0 Å². The quantitative estimate of drug-likeness (QED) is 0.606. The monoisotopic (exact) mass is 253 g/mol. The van der Waals surface area contributed by atoms with Crippen molar-refractivity contribution in [2.75, 3.05) is 12.8 Å². The number of esters is 1. The molecule has 0 radical (unpaired) electrons. The summed E-state index contributed by atoms with van der Waals surface area (Å²) in [5.41, 5.74) is 6.12. The normalized spacial score (nSPS) is 11.7. The van der Waals surface area contributed by atoms with Gasteiger partial charge in [-0.25, -0.2) is 9.59 Å². The van der Waals surface area contributed by atoms with Crippen LogP contribution < -0.4 is 10.5 Å². The van der Waals surface area contributed by atoms with E-state index < -0.39 is 18.0 Å². The second-order valence-electron chi connectivity index (χ2n) is 3.60. The molecule has 0 aromatic heterocycles. The molecule has 1 unspecified atom stereocenters. The molecule has 0 aliphatic rings. The smallest absolute Gasteiger partial charge is 0.345 e. The number of carbonyl (C=O) groups excluding carboxylic acids is 1. The third kappa shape index (κ3) is 3.13. The first-order valence-corrected chi connectivity index (χ1v) is 5.36. The van der Waals surface area contributed by atoms with Crippen LogP contribution in [0, 0.1) is 0 Å². The molecule has 3 N–H and O–H groups in total. The van der Waals surface area contributed by atoms with Crippen molar-refractivity contribution in [1.29, 1.82) is 0 Å². The highest BCUT2D eigenvalue weighted by Gasteiger charge is 2.21. The number of carbonyl (C=O) groups is 2. The molecule has 0 fully saturated rings. The lowest BCUT2D eigenvalue weighted by Crippen LogP contribution is -2.26. The summed E-state index contributed by atoms with van der Waals surface area (Å²) in [6.07, 6.45) is -0.951. The SMILES string of the molecule is CCC(OC(=O)c1ccc(OC)c(N)c1)C(=O)O. The van der Waals surface area contributed by atoms with E-state index in [1.54, 1.807) is 6.92 Å². The van der Waals surface area contributed by atoms with Gasteiger partial charge in [0.2, 0.25) is 0 Å². The zero-order valence-corrected chi connectivity index (χ0v) is 10.2. The van der Waals surface area contributed by atoms with E-state index in [4.69, 9.17) is 20.3 Å². The molecule has 18 heavy (non-hydrogen) atoms. The average molecular weight is 253 g/mol. The first-order chi connectivity index (χ1) is 8.49. The van der Waals surface area contributed by atoms with Gasteiger partial charge in [0.25, 0.3) is 0 Å². The van der Waals surface area contributed by atoms with E-state index in [9.17, 15) is 9.59 Å². The standard InChI is InChI=1S/C12H15NO5/c1-3-9(11(14)15)18-12(16)7-4-5-10(17-2)8(13)6-7/h4-6,9H,3,13H2,1-2H3,(H,14,15). The molecule has 0 heterocycles. The van der Waals surface area contributed by atoms with Gasteiger partial charge < -0.3 is 20.3 Å². The second kappa shape index (κ2) is 5.90. The van der Waals surface area contributed by atoms with Crippen molar-refractivity contribution in [3.63, 3.8) is 0 Å². The van der Waals surface area contributed by atoms with Gasteiger partial charge >= 0.3 is 11.9 Å². The average Bonchev–Trinajstić information content (AvgIpc) is 2.35. The molecule has 6 heteroatoms. The summed E-state index contributed by atoms with van der Waals surface area (Å²) in [6, 6.07) is 4.37. The fourth-order valence-electron chi connectivity index (χ4n) is 1.37. The molecule has 0 saturated heterocycles. The number of benzene rings is 1. The minimum atomic E-state index is -1.17. The summed E-state index contributed by atoms with van der Waals surface area (Å²) >= 11 is 0. The lowest BCUT2D eigenvalue weighted by molar-refractivity contribution is -0.147. The maximum atomic E-state index is 11.7. The molecule has 98 valence electrons. The van der Waals surface area contributed by atoms with E-state index in [0.717, 1.165) is 0 Å². The molecule has 6 nitrogen and oxygen atoms in total. The Balaban J connectivity index is 2.84. The number of nitrogen functional groups attached to an aromatic ring is 1. The number of hydrogen-bond acceptors (Lipinski definition) is 5. The van der Waals surface area contributed by atoms with Crippen LogP contribution in [-0.2, 0) is 9.53 Å². The number of rotatable bonds is 5. The predicted molar refractivity (Wildman–Crippen MR) is 64.5 cm³/mol. The molecule has 1 aromatic rings. The van der Waals surface area contributed by atoms with E-state index in [0.29, 0.717) is 5.75 Å². The minimum Gasteiger partial charge on any atom is -0.495 e. The highest BCUT2D eigenvalue weighted by atomic mass is 16.6. The van der Waals surface area contributed by atoms with Crippen molar-refractivity contribution in [3.8, 4) is 5.75 Å². The van der Waals surface area contributed by atoms with Crippen LogP contribution in [0.25, 0.3) is 0 Å². The Morgan fingerprint density at radius 1 is 1.44 bits per heavy atom. The van der Waals surface area contributed by atoms with Gasteiger partial charge in [-0.15, -0.1) is 0 Å². The summed E-state index contributed by atoms with van der Waals surface area (Å²) < 4.78 is 9.79. The largest absolute Gasteiger partial charge is 0.495 e. The first kappa shape index (κ1) is 13.8. The minimum absolute atomic E-state index is 0.188. The van der Waals surface area contributed by atoms with Crippen LogP contribution in [0.3, 0.4) is 0 Å². The van der Waals surface area contributed by atoms with Crippen LogP contribution in [0.1, 0.15) is 23.7 Å². The third-order valence-electron chi connectivity index (χ3n) is 2.36. The topological polar surface area (TPSA) is 98.9 Å². The Labute approximate surface area is 104 Å². The Kier molecular flexibility index (Phi) is 4.53. The van der Waals surface area contributed by atoms with Gasteiger partial charge in [-0.2, -0.15) is 0 Å². The summed E-state index contributed by atoms with van der Waals surface area (Å²) in [4.78, 5) is 22.4. The van der Waals surface area contributed by atoms with Crippen LogP contribution >= 0.6 is 0 Å². The maximum absolute atomic E-state index is 11.7. The van der Waals surface area contributed by atoms with Gasteiger partial charge in [0.15, 0.2) is 6.10 Å². The van der Waals surface area contributed by atoms with Crippen molar-refractivity contribution in [2.24, 2.45) is 0 Å². The van der Waals surface area contributed by atoms with Crippen molar-refractivity contribution >= 4 is 17.6 Å². The summed E-state index contributed by atoms with van der Waals surface area (Å²) in [7, 11) is 1.46. The molecule has 0 spiro atoms. The molecule has 0 amide bonds. The fourth-order valence-corrected chi connectivity index (χ4v) is 1.37. The lowest BCUT2D eigenvalue weighted by Gasteiger charge is -2.12. The van der Waals surface area contributed by atoms with Gasteiger partial charge in [0.05, 0.1) is 18.4 Å². The zero-order chi connectivity index (χ0) is 13.7. The number of methoxy groups -OCH3 is 1. The number of carboxylic acids is 1. The Morgan fingerprint density at radius 2 is 2.11 bits per heavy atom. The van der Waals surface area contributed by atoms with Gasteiger partial charge in [-0.05, 0) is 24.6 Å². The Bertz CT molecular complexity index is 458. The van der Waals surface area contributed by atoms with Gasteiger partial charge in [0, 0.05) is 0 Å². The Morgan fingerprint density at radius 3 is 2.56 bits per heavy atom. The Hall–Kier alpha value is -2.24. The predicted octanol–water partition coefficient (Wildman–Crippen LogP) is 1.30. The second-order valence-corrected chi connectivity index (χ2v) is 3.60. The molecular formula is C12H15NO5. The molecule has 0 saturated carbocycles. The molecule has 0 bridgehead atoms. The number of aliphatic carboxylic acids is 1. The van der Waals surface area contributed by atoms with Crippen molar-refractivity contribution in [1.82, 2.24) is 0 Å². The summed E-state index contributed by atoms with van der Waals surface area (Å²) in [6.45, 7) is 1.62.